The Hall–Kier alpha value is -0.120. The van der Waals surface area contributed by atoms with Crippen LogP contribution in [0.4, 0.5) is 0 Å². The number of nitrogens with one attached hydrogen (secondary N) is 1. The second kappa shape index (κ2) is 6.58. The van der Waals surface area contributed by atoms with E-state index in [1.807, 2.05) is 0 Å². The van der Waals surface area contributed by atoms with E-state index in [-0.39, 0.29) is 0 Å². The molecule has 2 aliphatic rings. The third-order valence-corrected chi connectivity index (χ3v) is 3.80. The maximum Gasteiger partial charge on any atom is 0.0623 e. The minimum Gasteiger partial charge on any atom is -0.379 e. The van der Waals surface area contributed by atoms with Crippen LogP contribution in [0.3, 0.4) is 0 Å². The highest BCUT2D eigenvalue weighted by Gasteiger charge is 2.29. The molecule has 2 heterocycles. The summed E-state index contributed by atoms with van der Waals surface area (Å²) in [6.45, 7) is 9.07. The van der Waals surface area contributed by atoms with Crippen LogP contribution < -0.4 is 5.32 Å². The van der Waals surface area contributed by atoms with Crippen molar-refractivity contribution in [3.63, 3.8) is 0 Å². The molecule has 0 aromatic carbocycles. The number of hydrogen-bond acceptors (Lipinski definition) is 3. The second-order valence-corrected chi connectivity index (χ2v) is 5.22. The highest BCUT2D eigenvalue weighted by Crippen LogP contribution is 2.18. The molecule has 0 saturated carbocycles. The van der Waals surface area contributed by atoms with Gasteiger partial charge in [0, 0.05) is 18.5 Å². The molecule has 16 heavy (non-hydrogen) atoms. The lowest BCUT2D eigenvalue weighted by Gasteiger charge is -2.30. The Bertz CT molecular complexity index is 192. The molecule has 0 spiro atoms. The normalized spacial score (nSPS) is 32.1. The summed E-state index contributed by atoms with van der Waals surface area (Å²) < 4.78 is 5.62. The van der Waals surface area contributed by atoms with E-state index in [9.17, 15) is 0 Å². The molecule has 0 amide bonds. The van der Waals surface area contributed by atoms with Gasteiger partial charge in [-0.3, -0.25) is 0 Å². The topological polar surface area (TPSA) is 24.5 Å². The summed E-state index contributed by atoms with van der Waals surface area (Å²) in [6, 6.07) is 0.599. The van der Waals surface area contributed by atoms with Crippen LogP contribution in [0.1, 0.15) is 32.6 Å². The first-order valence-electron chi connectivity index (χ1n) is 6.93. The zero-order valence-corrected chi connectivity index (χ0v) is 10.6. The van der Waals surface area contributed by atoms with E-state index in [4.69, 9.17) is 4.74 Å². The summed E-state index contributed by atoms with van der Waals surface area (Å²) in [6.07, 6.45) is 5.42. The lowest BCUT2D eigenvalue weighted by Crippen LogP contribution is -2.43. The Morgan fingerprint density at radius 2 is 2.00 bits per heavy atom. The van der Waals surface area contributed by atoms with Gasteiger partial charge in [-0.25, -0.2) is 0 Å². The van der Waals surface area contributed by atoms with Crippen LogP contribution in [-0.4, -0.2) is 50.3 Å². The summed E-state index contributed by atoms with van der Waals surface area (Å²) in [4.78, 5) is 2.63. The largest absolute Gasteiger partial charge is 0.379 e. The molecule has 2 unspecified atom stereocenters. The van der Waals surface area contributed by atoms with Gasteiger partial charge in [0.1, 0.15) is 0 Å². The molecule has 2 saturated heterocycles. The Morgan fingerprint density at radius 1 is 1.19 bits per heavy atom. The van der Waals surface area contributed by atoms with E-state index in [0.717, 1.165) is 19.8 Å². The third-order valence-electron chi connectivity index (χ3n) is 3.80. The van der Waals surface area contributed by atoms with E-state index in [1.54, 1.807) is 0 Å². The molecule has 0 radical (unpaired) electrons. The summed E-state index contributed by atoms with van der Waals surface area (Å²) in [5.41, 5.74) is 0. The first-order chi connectivity index (χ1) is 7.90. The van der Waals surface area contributed by atoms with Gasteiger partial charge < -0.3 is 15.0 Å². The molecule has 0 bridgehead atoms. The SMILES string of the molecule is CCCNC1COCC1CN1CCCCC1. The number of ether oxygens (including phenoxy) is 1. The van der Waals surface area contributed by atoms with Crippen LogP contribution in [0, 0.1) is 5.92 Å². The van der Waals surface area contributed by atoms with Gasteiger partial charge in [-0.1, -0.05) is 13.3 Å². The van der Waals surface area contributed by atoms with E-state index in [2.05, 4.69) is 17.1 Å². The zero-order chi connectivity index (χ0) is 11.2. The number of nitrogens with zero attached hydrogens (tertiary/aromatic N) is 1. The molecule has 0 aromatic rings. The summed E-state index contributed by atoms with van der Waals surface area (Å²) >= 11 is 0. The van der Waals surface area contributed by atoms with Crippen molar-refractivity contribution in [1.29, 1.82) is 0 Å². The fourth-order valence-electron chi connectivity index (χ4n) is 2.81. The van der Waals surface area contributed by atoms with Gasteiger partial charge in [0.25, 0.3) is 0 Å². The van der Waals surface area contributed by atoms with Crippen molar-refractivity contribution < 1.29 is 4.74 Å². The molecule has 0 aromatic heterocycles. The highest BCUT2D eigenvalue weighted by atomic mass is 16.5. The molecular weight excluding hydrogens is 200 g/mol. The predicted molar refractivity (Wildman–Crippen MR) is 66.7 cm³/mol. The Kier molecular flexibility index (Phi) is 5.07. The van der Waals surface area contributed by atoms with Gasteiger partial charge in [-0.15, -0.1) is 0 Å². The Labute approximate surface area is 99.5 Å². The van der Waals surface area contributed by atoms with Crippen LogP contribution in [-0.2, 0) is 4.74 Å². The monoisotopic (exact) mass is 226 g/mol. The molecule has 1 N–H and O–H groups in total. The average Bonchev–Trinajstić information content (AvgIpc) is 2.75. The van der Waals surface area contributed by atoms with E-state index in [1.165, 1.54) is 45.3 Å². The minimum absolute atomic E-state index is 0.599. The van der Waals surface area contributed by atoms with Crippen molar-refractivity contribution in [2.24, 2.45) is 5.92 Å². The van der Waals surface area contributed by atoms with Gasteiger partial charge in [-0.2, -0.15) is 0 Å². The van der Waals surface area contributed by atoms with Gasteiger partial charge >= 0.3 is 0 Å². The fraction of sp³-hybridized carbons (Fsp3) is 1.00. The summed E-state index contributed by atoms with van der Waals surface area (Å²) in [5.74, 6) is 0.713. The standard InChI is InChI=1S/C13H26N2O/c1-2-6-14-13-11-16-10-12(13)9-15-7-4-3-5-8-15/h12-14H,2-11H2,1H3. The van der Waals surface area contributed by atoms with Crippen molar-refractivity contribution >= 4 is 0 Å². The average molecular weight is 226 g/mol. The maximum atomic E-state index is 5.62. The predicted octanol–water partition coefficient (Wildman–Crippen LogP) is 1.49. The number of hydrogen-bond donors (Lipinski definition) is 1. The van der Waals surface area contributed by atoms with Gasteiger partial charge in [0.05, 0.1) is 13.2 Å². The minimum atomic E-state index is 0.599. The number of piperidine rings is 1. The van der Waals surface area contributed by atoms with Crippen LogP contribution in [0.15, 0.2) is 0 Å². The first-order valence-corrected chi connectivity index (χ1v) is 6.93. The molecule has 3 heteroatoms. The van der Waals surface area contributed by atoms with E-state index < -0.39 is 0 Å². The molecule has 2 rings (SSSR count). The number of likely N-dealkylation sites (tertiary alicyclic amines) is 1. The quantitative estimate of drug-likeness (QED) is 0.768. The Morgan fingerprint density at radius 3 is 2.75 bits per heavy atom. The van der Waals surface area contributed by atoms with Crippen LogP contribution in [0.25, 0.3) is 0 Å². The lowest BCUT2D eigenvalue weighted by atomic mass is 10.0. The molecule has 0 aliphatic carbocycles. The fourth-order valence-corrected chi connectivity index (χ4v) is 2.81. The zero-order valence-electron chi connectivity index (χ0n) is 10.6. The van der Waals surface area contributed by atoms with Crippen molar-refractivity contribution in [2.75, 3.05) is 39.4 Å². The molecule has 2 atom stereocenters. The van der Waals surface area contributed by atoms with Crippen LogP contribution >= 0.6 is 0 Å². The van der Waals surface area contributed by atoms with Crippen molar-refractivity contribution in [3.8, 4) is 0 Å². The van der Waals surface area contributed by atoms with Crippen molar-refractivity contribution in [1.82, 2.24) is 10.2 Å². The van der Waals surface area contributed by atoms with Gasteiger partial charge in [-0.05, 0) is 38.9 Å². The maximum absolute atomic E-state index is 5.62. The molecular formula is C13H26N2O. The van der Waals surface area contributed by atoms with E-state index in [0.29, 0.717) is 12.0 Å². The third kappa shape index (κ3) is 3.44. The number of rotatable bonds is 5. The summed E-state index contributed by atoms with van der Waals surface area (Å²) in [7, 11) is 0. The van der Waals surface area contributed by atoms with Crippen LogP contribution in [0.2, 0.25) is 0 Å². The second-order valence-electron chi connectivity index (χ2n) is 5.22. The van der Waals surface area contributed by atoms with E-state index >= 15 is 0 Å². The van der Waals surface area contributed by atoms with Gasteiger partial charge in [0.15, 0.2) is 0 Å². The molecule has 2 fully saturated rings. The molecule has 3 nitrogen and oxygen atoms in total. The summed E-state index contributed by atoms with van der Waals surface area (Å²) in [5, 5.41) is 3.62. The first kappa shape index (κ1) is 12.3. The molecule has 94 valence electrons. The lowest BCUT2D eigenvalue weighted by molar-refractivity contribution is 0.157. The van der Waals surface area contributed by atoms with Crippen LogP contribution in [0.5, 0.6) is 0 Å². The van der Waals surface area contributed by atoms with Crippen molar-refractivity contribution in [3.05, 3.63) is 0 Å². The smallest absolute Gasteiger partial charge is 0.0623 e. The van der Waals surface area contributed by atoms with Gasteiger partial charge in [0.2, 0.25) is 0 Å². The highest BCUT2D eigenvalue weighted by molar-refractivity contribution is 4.84. The molecule has 2 aliphatic heterocycles. The van der Waals surface area contributed by atoms with Crippen molar-refractivity contribution in [2.45, 2.75) is 38.6 Å². The Balaban J connectivity index is 1.73.